The lowest BCUT2D eigenvalue weighted by atomic mass is 9.75. The van der Waals surface area contributed by atoms with Gasteiger partial charge in [0.2, 0.25) is 0 Å². The summed E-state index contributed by atoms with van der Waals surface area (Å²) in [6.07, 6.45) is 0. The Labute approximate surface area is 180 Å². The van der Waals surface area contributed by atoms with Crippen LogP contribution in [-0.2, 0) is 34.1 Å². The van der Waals surface area contributed by atoms with Crippen LogP contribution in [0.2, 0.25) is 0 Å². The van der Waals surface area contributed by atoms with Crippen LogP contribution in [0.25, 0.3) is 0 Å². The molecule has 0 spiro atoms. The topological polar surface area (TPSA) is 82.1 Å². The summed E-state index contributed by atoms with van der Waals surface area (Å²) in [6, 6.07) is 17.7. The number of methoxy groups -OCH3 is 2. The van der Waals surface area contributed by atoms with Crippen LogP contribution in [0, 0.1) is 11.8 Å². The molecule has 0 aliphatic carbocycles. The van der Waals surface area contributed by atoms with Gasteiger partial charge >= 0.3 is 17.9 Å². The van der Waals surface area contributed by atoms with Gasteiger partial charge in [-0.25, -0.2) is 0 Å². The summed E-state index contributed by atoms with van der Waals surface area (Å²) < 4.78 is 15.7. The zero-order valence-corrected chi connectivity index (χ0v) is 17.7. The largest absolute Gasteiger partial charge is 0.469 e. The van der Waals surface area contributed by atoms with Crippen molar-refractivity contribution in [3.05, 3.63) is 71.8 Å². The molecule has 4 rings (SSSR count). The molecule has 0 saturated carbocycles. The van der Waals surface area contributed by atoms with Crippen LogP contribution in [0.3, 0.4) is 0 Å². The Morgan fingerprint density at radius 2 is 1.55 bits per heavy atom. The van der Waals surface area contributed by atoms with Crippen LogP contribution < -0.4 is 0 Å². The number of hydrogen-bond donors (Lipinski definition) is 0. The summed E-state index contributed by atoms with van der Waals surface area (Å²) in [5, 5.41) is 0. The number of carbonyl (C=O) groups is 3. The number of ether oxygens (including phenoxy) is 3. The van der Waals surface area contributed by atoms with Crippen molar-refractivity contribution in [2.45, 2.75) is 24.5 Å². The van der Waals surface area contributed by atoms with E-state index >= 15 is 0 Å². The minimum atomic E-state index is -1.07. The molecule has 0 N–H and O–H groups in total. The fourth-order valence-electron chi connectivity index (χ4n) is 5.20. The highest BCUT2D eigenvalue weighted by atomic mass is 16.5. The van der Waals surface area contributed by atoms with Crippen LogP contribution in [0.15, 0.2) is 60.7 Å². The Morgan fingerprint density at radius 1 is 0.968 bits per heavy atom. The summed E-state index contributed by atoms with van der Waals surface area (Å²) >= 11 is 0. The number of benzene rings is 2. The summed E-state index contributed by atoms with van der Waals surface area (Å²) in [5.41, 5.74) is 0.714. The average Bonchev–Trinajstić information content (AvgIpc) is 3.11. The number of cyclic esters (lactones) is 1. The van der Waals surface area contributed by atoms with E-state index in [-0.39, 0.29) is 12.6 Å². The number of esters is 3. The summed E-state index contributed by atoms with van der Waals surface area (Å²) in [4.78, 5) is 41.0. The standard InChI is InChI=1S/C24H25NO6/c1-24(16-12-8-5-9-13-16)19(22(27)30-3)18(21(26)29-2)20-23(28)31-14-17(25(20)24)15-10-6-4-7-11-15/h4-13,17-20H,14H2,1-3H3/t17-,18-,19-,20+,24-/m1/s1. The zero-order valence-electron chi connectivity index (χ0n) is 17.7. The number of hydrogen-bond acceptors (Lipinski definition) is 7. The molecule has 7 nitrogen and oxygen atoms in total. The lowest BCUT2D eigenvalue weighted by molar-refractivity contribution is -0.170. The van der Waals surface area contributed by atoms with Gasteiger partial charge < -0.3 is 14.2 Å². The fourth-order valence-corrected chi connectivity index (χ4v) is 5.20. The van der Waals surface area contributed by atoms with E-state index in [9.17, 15) is 14.4 Å². The van der Waals surface area contributed by atoms with Gasteiger partial charge in [0.05, 0.1) is 37.6 Å². The zero-order chi connectivity index (χ0) is 22.2. The van der Waals surface area contributed by atoms with Gasteiger partial charge in [0.25, 0.3) is 0 Å². The fraction of sp³-hybridized carbons (Fsp3) is 0.375. The van der Waals surface area contributed by atoms with E-state index in [1.165, 1.54) is 14.2 Å². The Balaban J connectivity index is 1.98. The van der Waals surface area contributed by atoms with E-state index in [0.29, 0.717) is 0 Å². The Bertz CT molecular complexity index is 978. The highest BCUT2D eigenvalue weighted by molar-refractivity contribution is 5.92. The van der Waals surface area contributed by atoms with Gasteiger partial charge in [-0.3, -0.25) is 19.3 Å². The molecule has 0 unspecified atom stereocenters. The summed E-state index contributed by atoms with van der Waals surface area (Å²) in [7, 11) is 2.54. The van der Waals surface area contributed by atoms with Crippen molar-refractivity contribution in [1.29, 1.82) is 0 Å². The molecule has 0 amide bonds. The molecule has 2 saturated heterocycles. The van der Waals surface area contributed by atoms with Crippen molar-refractivity contribution in [3.8, 4) is 0 Å². The van der Waals surface area contributed by atoms with Crippen LogP contribution in [-0.4, -0.2) is 49.7 Å². The van der Waals surface area contributed by atoms with E-state index in [2.05, 4.69) is 0 Å². The van der Waals surface area contributed by atoms with E-state index in [0.717, 1.165) is 11.1 Å². The lowest BCUT2D eigenvalue weighted by Gasteiger charge is -2.46. The quantitative estimate of drug-likeness (QED) is 0.552. The SMILES string of the molecule is COC(=O)[C@H]1[C@H]2C(=O)OC[C@H](c3ccccc3)N2[C@](C)(c2ccccc2)[C@H]1C(=O)OC. The Hall–Kier alpha value is -3.19. The van der Waals surface area contributed by atoms with Crippen LogP contribution in [0.4, 0.5) is 0 Å². The summed E-state index contributed by atoms with van der Waals surface area (Å²) in [6.45, 7) is 2.00. The molecule has 5 atom stereocenters. The average molecular weight is 423 g/mol. The maximum atomic E-state index is 13.1. The van der Waals surface area contributed by atoms with Gasteiger partial charge in [0, 0.05) is 0 Å². The number of morpholine rings is 1. The Kier molecular flexibility index (Phi) is 5.54. The molecule has 0 bridgehead atoms. The summed E-state index contributed by atoms with van der Waals surface area (Å²) in [5.74, 6) is -3.79. The normalized spacial score (nSPS) is 30.2. The van der Waals surface area contributed by atoms with E-state index in [1.54, 1.807) is 0 Å². The number of nitrogens with zero attached hydrogens (tertiary/aromatic N) is 1. The van der Waals surface area contributed by atoms with Crippen molar-refractivity contribution >= 4 is 17.9 Å². The molecule has 31 heavy (non-hydrogen) atoms. The van der Waals surface area contributed by atoms with Crippen molar-refractivity contribution in [2.75, 3.05) is 20.8 Å². The number of carbonyl (C=O) groups excluding carboxylic acids is 3. The minimum Gasteiger partial charge on any atom is -0.469 e. The second-order valence-corrected chi connectivity index (χ2v) is 7.97. The molecule has 0 aromatic heterocycles. The third-order valence-electron chi connectivity index (χ3n) is 6.57. The van der Waals surface area contributed by atoms with E-state index < -0.39 is 41.3 Å². The molecule has 162 valence electrons. The first-order chi connectivity index (χ1) is 14.9. The number of fused-ring (bicyclic) bond motifs is 1. The van der Waals surface area contributed by atoms with Gasteiger partial charge in [0.1, 0.15) is 12.6 Å². The first-order valence-corrected chi connectivity index (χ1v) is 10.2. The molecule has 2 aliphatic rings. The molecule has 7 heteroatoms. The lowest BCUT2D eigenvalue weighted by Crippen LogP contribution is -2.55. The third-order valence-corrected chi connectivity index (χ3v) is 6.57. The Morgan fingerprint density at radius 3 is 2.13 bits per heavy atom. The van der Waals surface area contributed by atoms with Crippen molar-refractivity contribution < 1.29 is 28.6 Å². The second kappa shape index (κ2) is 8.15. The monoisotopic (exact) mass is 423 g/mol. The van der Waals surface area contributed by atoms with Gasteiger partial charge in [-0.05, 0) is 18.1 Å². The van der Waals surface area contributed by atoms with E-state index in [4.69, 9.17) is 14.2 Å². The van der Waals surface area contributed by atoms with Crippen molar-refractivity contribution in [2.24, 2.45) is 11.8 Å². The van der Waals surface area contributed by atoms with Crippen molar-refractivity contribution in [3.63, 3.8) is 0 Å². The van der Waals surface area contributed by atoms with Crippen molar-refractivity contribution in [1.82, 2.24) is 4.90 Å². The first kappa shape index (κ1) is 21.1. The maximum absolute atomic E-state index is 13.1. The smallest absolute Gasteiger partial charge is 0.324 e. The number of rotatable bonds is 4. The van der Waals surface area contributed by atoms with Crippen LogP contribution in [0.5, 0.6) is 0 Å². The predicted molar refractivity (Wildman–Crippen MR) is 111 cm³/mol. The highest BCUT2D eigenvalue weighted by Gasteiger charge is 2.68. The molecule has 0 radical (unpaired) electrons. The second-order valence-electron chi connectivity index (χ2n) is 7.97. The van der Waals surface area contributed by atoms with Crippen LogP contribution >= 0.6 is 0 Å². The maximum Gasteiger partial charge on any atom is 0.324 e. The van der Waals surface area contributed by atoms with Crippen LogP contribution in [0.1, 0.15) is 24.1 Å². The molecule has 2 heterocycles. The minimum absolute atomic E-state index is 0.115. The van der Waals surface area contributed by atoms with Gasteiger partial charge in [-0.1, -0.05) is 60.7 Å². The van der Waals surface area contributed by atoms with Gasteiger partial charge in [0.15, 0.2) is 0 Å². The third kappa shape index (κ3) is 3.20. The van der Waals surface area contributed by atoms with Gasteiger partial charge in [-0.2, -0.15) is 0 Å². The molecular formula is C24H25NO6. The molecule has 2 aliphatic heterocycles. The molecule has 2 fully saturated rings. The first-order valence-electron chi connectivity index (χ1n) is 10.2. The molecular weight excluding hydrogens is 398 g/mol. The predicted octanol–water partition coefficient (Wildman–Crippen LogP) is 2.46. The van der Waals surface area contributed by atoms with E-state index in [1.807, 2.05) is 72.5 Å². The molecule has 2 aromatic rings. The molecule has 2 aromatic carbocycles. The van der Waals surface area contributed by atoms with Gasteiger partial charge in [-0.15, -0.1) is 0 Å². The highest BCUT2D eigenvalue weighted by Crippen LogP contribution is 2.55.